The number of aryl methyl sites for hydroxylation is 2. The van der Waals surface area contributed by atoms with E-state index >= 15 is 0 Å². The molecule has 5 aromatic carbocycles. The average molecular weight is 1020 g/mol. The van der Waals surface area contributed by atoms with Crippen molar-refractivity contribution in [2.24, 2.45) is 0 Å². The zero-order valence-electron chi connectivity index (χ0n) is 36.5. The van der Waals surface area contributed by atoms with Gasteiger partial charge in [-0.3, -0.25) is 0 Å². The topological polar surface area (TPSA) is 0 Å². The Morgan fingerprint density at radius 1 is 0.393 bits per heavy atom. The van der Waals surface area contributed by atoms with Crippen LogP contribution in [0.1, 0.15) is 143 Å². The summed E-state index contributed by atoms with van der Waals surface area (Å²) in [4.78, 5) is 0. The predicted molar refractivity (Wildman–Crippen MR) is 237 cm³/mol. The van der Waals surface area contributed by atoms with Gasteiger partial charge in [-0.1, -0.05) is 115 Å². The second-order valence-electron chi connectivity index (χ2n) is 15.8. The summed E-state index contributed by atoms with van der Waals surface area (Å²) in [6, 6.07) is 12.9. The monoisotopic (exact) mass is 1010 g/mol. The van der Waals surface area contributed by atoms with Gasteiger partial charge in [0.15, 0.2) is 29.1 Å². The number of hydrogen-bond donors (Lipinski definition) is 0. The van der Waals surface area contributed by atoms with Crippen molar-refractivity contribution in [3.8, 4) is 0 Å². The lowest BCUT2D eigenvalue weighted by molar-refractivity contribution is 0.434. The van der Waals surface area contributed by atoms with Crippen LogP contribution in [0.3, 0.4) is 0 Å². The fourth-order valence-corrected chi connectivity index (χ4v) is 6.66. The molecule has 0 aliphatic heterocycles. The Bertz CT molecular complexity index is 2140. The van der Waals surface area contributed by atoms with E-state index < -0.39 is 52.4 Å². The lowest BCUT2D eigenvalue weighted by atomic mass is 10.00. The highest BCUT2D eigenvalue weighted by Crippen LogP contribution is 2.30. The molecule has 13 heteroatoms. The van der Waals surface area contributed by atoms with E-state index in [1.807, 2.05) is 55.4 Å². The van der Waals surface area contributed by atoms with Gasteiger partial charge < -0.3 is 0 Å². The second kappa shape index (κ2) is 25.1. The minimum atomic E-state index is -1.37. The normalized spacial score (nSPS) is 10.9. The predicted octanol–water partition coefficient (Wildman–Crippen LogP) is 18.5. The SMILES string of the molecule is CC(C)c1cc(Cl)c(F)cc1Br.CC(C)c1ccc(F)c(Br)c1F.Cc1c(F)ccc(C(C)C)c1F.Cc1cc(C(C)C)c(F)c(F)c1F.Cc1cc(C(C)C)cc(F)c1F. The van der Waals surface area contributed by atoms with Crippen LogP contribution in [0.25, 0.3) is 0 Å². The molecule has 0 nitrogen and oxygen atoms in total. The third-order valence-corrected chi connectivity index (χ3v) is 10.9. The lowest BCUT2D eigenvalue weighted by Gasteiger charge is -2.09. The standard InChI is InChI=1S/C10H11F3.2C10H12F2.C9H9BrClF.C9H9BrF2/c1-5(2)7-4-6(3)8(11)10(13)9(7)12;1-6(2)8-4-7(3)10(12)9(11)5-8;1-6(2)8-4-5-9(11)7(3)10(8)12;1-5(2)6-3-8(11)9(12)4-7(6)10;1-5(2)6-3-4-7(11)8(10)9(6)12/h4-5H,1-3H3;2*4-6H,1-3H3;2*3-5H,1-2H3. The molecular formula is C48H53Br2ClF10. The molecule has 0 heterocycles. The van der Waals surface area contributed by atoms with E-state index in [2.05, 4.69) is 31.9 Å². The van der Waals surface area contributed by atoms with E-state index in [1.54, 1.807) is 32.9 Å². The number of rotatable bonds is 5. The molecule has 0 unspecified atom stereocenters. The van der Waals surface area contributed by atoms with E-state index in [9.17, 15) is 43.9 Å². The van der Waals surface area contributed by atoms with Crippen LogP contribution in [0, 0.1) is 78.9 Å². The summed E-state index contributed by atoms with van der Waals surface area (Å²) < 4.78 is 130. The van der Waals surface area contributed by atoms with Crippen LogP contribution >= 0.6 is 43.5 Å². The molecular weight excluding hydrogens is 962 g/mol. The summed E-state index contributed by atoms with van der Waals surface area (Å²) in [6.07, 6.45) is 0. The van der Waals surface area contributed by atoms with Crippen molar-refractivity contribution in [3.63, 3.8) is 0 Å². The summed E-state index contributed by atoms with van der Waals surface area (Å²) in [5, 5.41) is 0.182. The van der Waals surface area contributed by atoms with E-state index in [0.717, 1.165) is 15.6 Å². The Hall–Kier alpha value is -3.35. The van der Waals surface area contributed by atoms with Gasteiger partial charge in [-0.25, -0.2) is 43.9 Å². The third-order valence-electron chi connectivity index (χ3n) is 9.20. The first-order valence-corrected chi connectivity index (χ1v) is 21.3. The van der Waals surface area contributed by atoms with Crippen molar-refractivity contribution in [3.05, 3.63) is 171 Å². The van der Waals surface area contributed by atoms with Gasteiger partial charge in [0.25, 0.3) is 0 Å². The van der Waals surface area contributed by atoms with Crippen LogP contribution in [0.2, 0.25) is 5.02 Å². The summed E-state index contributed by atoms with van der Waals surface area (Å²) in [5.41, 5.74) is 3.82. The Kier molecular flexibility index (Phi) is 22.9. The molecule has 0 fully saturated rings. The van der Waals surface area contributed by atoms with Crippen LogP contribution in [0.15, 0.2) is 63.5 Å². The zero-order chi connectivity index (χ0) is 47.4. The van der Waals surface area contributed by atoms with Gasteiger partial charge in [0.2, 0.25) is 0 Å². The van der Waals surface area contributed by atoms with Crippen LogP contribution in [-0.2, 0) is 0 Å². The van der Waals surface area contributed by atoms with Gasteiger partial charge >= 0.3 is 0 Å². The smallest absolute Gasteiger partial charge is 0.194 e. The Morgan fingerprint density at radius 3 is 1.31 bits per heavy atom. The fourth-order valence-electron chi connectivity index (χ4n) is 5.36. The number of benzene rings is 5. The Labute approximate surface area is 376 Å². The molecule has 0 bridgehead atoms. The van der Waals surface area contributed by atoms with Crippen LogP contribution in [0.5, 0.6) is 0 Å². The van der Waals surface area contributed by atoms with Crippen molar-refractivity contribution < 1.29 is 43.9 Å². The molecule has 0 N–H and O–H groups in total. The molecule has 0 aliphatic carbocycles. The molecule has 0 aromatic heterocycles. The van der Waals surface area contributed by atoms with Crippen LogP contribution < -0.4 is 0 Å². The van der Waals surface area contributed by atoms with Crippen LogP contribution in [0.4, 0.5) is 43.9 Å². The van der Waals surface area contributed by atoms with Crippen LogP contribution in [-0.4, -0.2) is 0 Å². The summed E-state index contributed by atoms with van der Waals surface area (Å²) >= 11 is 11.8. The maximum absolute atomic E-state index is 13.3. The van der Waals surface area contributed by atoms with Gasteiger partial charge in [-0.2, -0.15) is 0 Å². The summed E-state index contributed by atoms with van der Waals surface area (Å²) in [5.74, 6) is -6.74. The van der Waals surface area contributed by atoms with E-state index in [-0.39, 0.29) is 55.7 Å². The summed E-state index contributed by atoms with van der Waals surface area (Å²) in [6.45, 7) is 23.4. The number of hydrogen-bond acceptors (Lipinski definition) is 0. The van der Waals surface area contributed by atoms with Crippen molar-refractivity contribution in [2.75, 3.05) is 0 Å². The maximum Gasteiger partial charge on any atom is 0.194 e. The minimum absolute atomic E-state index is 0.0712. The Morgan fingerprint density at radius 2 is 0.852 bits per heavy atom. The highest BCUT2D eigenvalue weighted by molar-refractivity contribution is 9.10. The molecule has 0 saturated heterocycles. The average Bonchev–Trinajstić information content (AvgIpc) is 3.17. The lowest BCUT2D eigenvalue weighted by Crippen LogP contribution is -2.01. The molecule has 0 amide bonds. The maximum atomic E-state index is 13.3. The molecule has 5 rings (SSSR count). The molecule has 0 atom stereocenters. The van der Waals surface area contributed by atoms with Gasteiger partial charge in [-0.05, 0) is 142 Å². The van der Waals surface area contributed by atoms with Crippen molar-refractivity contribution in [1.29, 1.82) is 0 Å². The first kappa shape index (κ1) is 55.7. The van der Waals surface area contributed by atoms with E-state index in [1.165, 1.54) is 56.3 Å². The molecule has 0 radical (unpaired) electrons. The fraction of sp³-hybridized carbons (Fsp3) is 0.375. The molecule has 336 valence electrons. The third kappa shape index (κ3) is 16.1. The molecule has 61 heavy (non-hydrogen) atoms. The highest BCUT2D eigenvalue weighted by Gasteiger charge is 2.18. The molecule has 0 saturated carbocycles. The van der Waals surface area contributed by atoms with Gasteiger partial charge in [0.05, 0.1) is 9.50 Å². The van der Waals surface area contributed by atoms with Crippen molar-refractivity contribution in [1.82, 2.24) is 0 Å². The summed E-state index contributed by atoms with van der Waals surface area (Å²) in [7, 11) is 0. The van der Waals surface area contributed by atoms with Gasteiger partial charge in [-0.15, -0.1) is 0 Å². The first-order chi connectivity index (χ1) is 28.1. The molecule has 5 aromatic rings. The minimum Gasteiger partial charge on any atom is -0.207 e. The number of halogens is 13. The van der Waals surface area contributed by atoms with Gasteiger partial charge in [0.1, 0.15) is 29.1 Å². The second-order valence-corrected chi connectivity index (χ2v) is 17.8. The van der Waals surface area contributed by atoms with Crippen molar-refractivity contribution >= 4 is 43.5 Å². The highest BCUT2D eigenvalue weighted by atomic mass is 79.9. The van der Waals surface area contributed by atoms with E-state index in [0.29, 0.717) is 22.6 Å². The van der Waals surface area contributed by atoms with E-state index in [4.69, 9.17) is 11.6 Å². The first-order valence-electron chi connectivity index (χ1n) is 19.4. The molecule has 0 aliphatic rings. The zero-order valence-corrected chi connectivity index (χ0v) is 40.4. The Balaban J connectivity index is 0.000000381. The largest absolute Gasteiger partial charge is 0.207 e. The molecule has 0 spiro atoms. The van der Waals surface area contributed by atoms with Crippen molar-refractivity contribution in [2.45, 2.75) is 120 Å². The van der Waals surface area contributed by atoms with Gasteiger partial charge in [0, 0.05) is 10.0 Å². The quantitative estimate of drug-likeness (QED) is 0.0935.